The Balaban J connectivity index is 1.64. The molecule has 0 atom stereocenters. The van der Waals surface area contributed by atoms with Crippen LogP contribution in [0.15, 0.2) is 60.7 Å². The highest BCUT2D eigenvalue weighted by atomic mass is 16.5. The molecule has 0 unspecified atom stereocenters. The standard InChI is InChI=1S/C22H16N4O/c1-27-21-13-12-16(18-4-2-3-5-19(18)21)9-6-15-7-10-17(11-8-15)22-20(14-23)24-26-25-22/h2-13H,1H3,(H,24,25,26)/b9-6+. The van der Waals surface area contributed by atoms with Gasteiger partial charge >= 0.3 is 0 Å². The summed E-state index contributed by atoms with van der Waals surface area (Å²) in [6.45, 7) is 0. The Bertz CT molecular complexity index is 1170. The van der Waals surface area contributed by atoms with Gasteiger partial charge in [-0.3, -0.25) is 5.10 Å². The van der Waals surface area contributed by atoms with E-state index < -0.39 is 0 Å². The van der Waals surface area contributed by atoms with Gasteiger partial charge in [0.25, 0.3) is 0 Å². The topological polar surface area (TPSA) is 74.6 Å². The lowest BCUT2D eigenvalue weighted by Gasteiger charge is -2.08. The molecule has 0 saturated heterocycles. The number of nitriles is 1. The lowest BCUT2D eigenvalue weighted by Crippen LogP contribution is -1.86. The maximum Gasteiger partial charge on any atom is 0.190 e. The first-order valence-corrected chi connectivity index (χ1v) is 8.45. The molecule has 0 aliphatic rings. The van der Waals surface area contributed by atoms with E-state index in [1.165, 1.54) is 0 Å². The minimum atomic E-state index is 0.294. The number of hydrogen-bond donors (Lipinski definition) is 1. The molecule has 0 spiro atoms. The molecule has 0 aliphatic heterocycles. The third-order valence-electron chi connectivity index (χ3n) is 4.45. The van der Waals surface area contributed by atoms with Crippen molar-refractivity contribution in [2.45, 2.75) is 0 Å². The van der Waals surface area contributed by atoms with Gasteiger partial charge in [-0.15, -0.1) is 5.10 Å². The van der Waals surface area contributed by atoms with E-state index in [2.05, 4.69) is 45.8 Å². The Morgan fingerprint density at radius 2 is 1.74 bits per heavy atom. The zero-order chi connectivity index (χ0) is 18.6. The van der Waals surface area contributed by atoms with Gasteiger partial charge in [-0.25, -0.2) is 0 Å². The van der Waals surface area contributed by atoms with Crippen molar-refractivity contribution < 1.29 is 4.74 Å². The van der Waals surface area contributed by atoms with Crippen molar-refractivity contribution in [3.8, 4) is 23.1 Å². The van der Waals surface area contributed by atoms with Crippen LogP contribution in [-0.4, -0.2) is 22.5 Å². The zero-order valence-electron chi connectivity index (χ0n) is 14.7. The highest BCUT2D eigenvalue weighted by Crippen LogP contribution is 2.29. The molecule has 1 aromatic heterocycles. The minimum Gasteiger partial charge on any atom is -0.496 e. The molecular formula is C22H16N4O. The Hall–Kier alpha value is -3.91. The molecule has 5 heteroatoms. The number of nitrogens with one attached hydrogen (secondary N) is 1. The second-order valence-corrected chi connectivity index (χ2v) is 6.01. The van der Waals surface area contributed by atoms with Crippen molar-refractivity contribution in [1.29, 1.82) is 5.26 Å². The van der Waals surface area contributed by atoms with Gasteiger partial charge in [0.15, 0.2) is 5.69 Å². The number of H-pyrrole nitrogens is 1. The number of fused-ring (bicyclic) bond motifs is 1. The van der Waals surface area contributed by atoms with Gasteiger partial charge in [0, 0.05) is 10.9 Å². The fraction of sp³-hybridized carbons (Fsp3) is 0.0455. The molecule has 0 aliphatic carbocycles. The minimum absolute atomic E-state index is 0.294. The van der Waals surface area contributed by atoms with Crippen LogP contribution in [0.25, 0.3) is 34.2 Å². The van der Waals surface area contributed by atoms with Gasteiger partial charge in [0.05, 0.1) is 7.11 Å². The van der Waals surface area contributed by atoms with Crippen LogP contribution in [0.1, 0.15) is 16.8 Å². The molecule has 27 heavy (non-hydrogen) atoms. The summed E-state index contributed by atoms with van der Waals surface area (Å²) in [4.78, 5) is 0. The van der Waals surface area contributed by atoms with Crippen molar-refractivity contribution >= 4 is 22.9 Å². The molecule has 1 N–H and O–H groups in total. The van der Waals surface area contributed by atoms with Crippen LogP contribution in [0.2, 0.25) is 0 Å². The molecule has 0 radical (unpaired) electrons. The average molecular weight is 352 g/mol. The van der Waals surface area contributed by atoms with Crippen LogP contribution in [0.5, 0.6) is 5.75 Å². The van der Waals surface area contributed by atoms with E-state index in [-0.39, 0.29) is 0 Å². The third kappa shape index (κ3) is 3.16. The number of nitrogens with zero attached hydrogens (tertiary/aromatic N) is 3. The highest BCUT2D eigenvalue weighted by Gasteiger charge is 2.08. The molecule has 0 saturated carbocycles. The summed E-state index contributed by atoms with van der Waals surface area (Å²) in [6, 6.07) is 22.2. The number of aromatic amines is 1. The van der Waals surface area contributed by atoms with Crippen LogP contribution in [0.4, 0.5) is 0 Å². The Labute approximate surface area is 156 Å². The average Bonchev–Trinajstić information content (AvgIpc) is 3.21. The first-order chi connectivity index (χ1) is 13.3. The van der Waals surface area contributed by atoms with Gasteiger partial charge in [0.2, 0.25) is 0 Å². The van der Waals surface area contributed by atoms with E-state index in [0.29, 0.717) is 11.4 Å². The molecule has 1 heterocycles. The molecule has 4 aromatic rings. The molecular weight excluding hydrogens is 336 g/mol. The molecule has 0 fully saturated rings. The number of hydrogen-bond acceptors (Lipinski definition) is 4. The van der Waals surface area contributed by atoms with Gasteiger partial charge < -0.3 is 4.74 Å². The van der Waals surface area contributed by atoms with Gasteiger partial charge in [-0.2, -0.15) is 5.26 Å². The van der Waals surface area contributed by atoms with Crippen molar-refractivity contribution in [2.24, 2.45) is 0 Å². The summed E-state index contributed by atoms with van der Waals surface area (Å²) >= 11 is 0. The first kappa shape index (κ1) is 16.6. The van der Waals surface area contributed by atoms with E-state index in [9.17, 15) is 0 Å². The quantitative estimate of drug-likeness (QED) is 0.541. The number of rotatable bonds is 4. The highest BCUT2D eigenvalue weighted by molar-refractivity contribution is 5.96. The van der Waals surface area contributed by atoms with Crippen LogP contribution in [0.3, 0.4) is 0 Å². The second-order valence-electron chi connectivity index (χ2n) is 6.01. The first-order valence-electron chi connectivity index (χ1n) is 8.45. The Kier molecular flexibility index (Phi) is 4.38. The fourth-order valence-corrected chi connectivity index (χ4v) is 3.07. The molecule has 3 aromatic carbocycles. The van der Waals surface area contributed by atoms with E-state index in [0.717, 1.165) is 33.2 Å². The van der Waals surface area contributed by atoms with E-state index in [4.69, 9.17) is 10.00 Å². The predicted molar refractivity (Wildman–Crippen MR) is 106 cm³/mol. The largest absolute Gasteiger partial charge is 0.496 e. The Morgan fingerprint density at radius 1 is 0.963 bits per heavy atom. The molecule has 0 bridgehead atoms. The summed E-state index contributed by atoms with van der Waals surface area (Å²) in [5.74, 6) is 0.869. The van der Waals surface area contributed by atoms with Crippen molar-refractivity contribution in [3.63, 3.8) is 0 Å². The van der Waals surface area contributed by atoms with Crippen LogP contribution >= 0.6 is 0 Å². The summed E-state index contributed by atoms with van der Waals surface area (Å²) in [5, 5.41) is 21.5. The van der Waals surface area contributed by atoms with Crippen molar-refractivity contribution in [1.82, 2.24) is 15.4 Å². The van der Waals surface area contributed by atoms with Gasteiger partial charge in [-0.05, 0) is 22.6 Å². The van der Waals surface area contributed by atoms with Gasteiger partial charge in [-0.1, -0.05) is 72.0 Å². The summed E-state index contributed by atoms with van der Waals surface area (Å²) in [7, 11) is 1.69. The number of aromatic nitrogens is 3. The lowest BCUT2D eigenvalue weighted by molar-refractivity contribution is 0.420. The molecule has 4 rings (SSSR count). The number of benzene rings is 3. The van der Waals surface area contributed by atoms with Crippen LogP contribution < -0.4 is 4.74 Å². The lowest BCUT2D eigenvalue weighted by atomic mass is 10.0. The third-order valence-corrected chi connectivity index (χ3v) is 4.45. The maximum atomic E-state index is 9.06. The Morgan fingerprint density at radius 3 is 2.48 bits per heavy atom. The smallest absolute Gasteiger partial charge is 0.190 e. The van der Waals surface area contributed by atoms with Crippen molar-refractivity contribution in [3.05, 3.63) is 77.5 Å². The summed E-state index contributed by atoms with van der Waals surface area (Å²) in [6.07, 6.45) is 4.16. The number of ether oxygens (including phenoxy) is 1. The SMILES string of the molecule is COc1ccc(/C=C/c2ccc(-c3[nH]nnc3C#N)cc2)c2ccccc12. The van der Waals surface area contributed by atoms with Crippen LogP contribution in [-0.2, 0) is 0 Å². The second kappa shape index (κ2) is 7.14. The molecule has 5 nitrogen and oxygen atoms in total. The van der Waals surface area contributed by atoms with Gasteiger partial charge in [0.1, 0.15) is 17.5 Å². The maximum absolute atomic E-state index is 9.06. The van der Waals surface area contributed by atoms with Crippen LogP contribution in [0, 0.1) is 11.3 Å². The zero-order valence-corrected chi connectivity index (χ0v) is 14.7. The van der Waals surface area contributed by atoms with E-state index >= 15 is 0 Å². The molecule has 0 amide bonds. The number of methoxy groups -OCH3 is 1. The summed E-state index contributed by atoms with van der Waals surface area (Å²) in [5.41, 5.74) is 3.99. The van der Waals surface area contributed by atoms with E-state index in [1.54, 1.807) is 7.11 Å². The van der Waals surface area contributed by atoms with E-state index in [1.807, 2.05) is 48.5 Å². The normalized spacial score (nSPS) is 11.0. The monoisotopic (exact) mass is 352 g/mol. The molecule has 130 valence electrons. The summed E-state index contributed by atoms with van der Waals surface area (Å²) < 4.78 is 5.45. The fourth-order valence-electron chi connectivity index (χ4n) is 3.07. The van der Waals surface area contributed by atoms with Crippen molar-refractivity contribution in [2.75, 3.05) is 7.11 Å². The predicted octanol–water partition coefficient (Wildman–Crippen LogP) is 4.68.